The van der Waals surface area contributed by atoms with Crippen molar-refractivity contribution in [3.63, 3.8) is 0 Å². The van der Waals surface area contributed by atoms with Crippen molar-refractivity contribution in [1.29, 1.82) is 0 Å². The Morgan fingerprint density at radius 2 is 2.42 bits per heavy atom. The molecule has 2 rings (SSSR count). The van der Waals surface area contributed by atoms with E-state index in [0.717, 1.165) is 5.56 Å². The fourth-order valence-electron chi connectivity index (χ4n) is 0.941. The number of aryl methyl sites for hydroxylation is 1. The first-order chi connectivity index (χ1) is 5.86. The van der Waals surface area contributed by atoms with Crippen LogP contribution in [-0.2, 0) is 0 Å². The maximum absolute atomic E-state index is 4.97. The maximum Gasteiger partial charge on any atom is 0.257 e. The van der Waals surface area contributed by atoms with E-state index in [1.165, 1.54) is 0 Å². The molecular formula is C9H7N2O. The molecule has 3 nitrogen and oxygen atoms in total. The molecule has 0 saturated heterocycles. The number of benzene rings is 1. The van der Waals surface area contributed by atoms with Gasteiger partial charge in [-0.2, -0.15) is 4.98 Å². The molecule has 0 amide bonds. The average Bonchev–Trinajstić information content (AvgIpc) is 2.54. The van der Waals surface area contributed by atoms with E-state index in [4.69, 9.17) is 4.52 Å². The van der Waals surface area contributed by atoms with Crippen LogP contribution in [0.4, 0.5) is 0 Å². The standard InChI is InChI=1S/C9H7N2O/c1-7-10-9(12-11-7)8-5-3-2-4-6-8/h2-3,5-6H,1H3. The largest absolute Gasteiger partial charge is 0.334 e. The quantitative estimate of drug-likeness (QED) is 0.637. The van der Waals surface area contributed by atoms with Gasteiger partial charge in [0.1, 0.15) is 0 Å². The summed E-state index contributed by atoms with van der Waals surface area (Å²) >= 11 is 0. The second-order valence-corrected chi connectivity index (χ2v) is 2.44. The third kappa shape index (κ3) is 1.21. The summed E-state index contributed by atoms with van der Waals surface area (Å²) in [4.78, 5) is 4.08. The second-order valence-electron chi connectivity index (χ2n) is 2.44. The molecule has 0 bridgehead atoms. The van der Waals surface area contributed by atoms with Gasteiger partial charge in [-0.3, -0.25) is 0 Å². The van der Waals surface area contributed by atoms with Crippen LogP contribution in [0.1, 0.15) is 5.82 Å². The van der Waals surface area contributed by atoms with Gasteiger partial charge in [0.05, 0.1) is 0 Å². The number of aromatic nitrogens is 2. The van der Waals surface area contributed by atoms with E-state index in [0.29, 0.717) is 11.7 Å². The van der Waals surface area contributed by atoms with E-state index in [9.17, 15) is 0 Å². The van der Waals surface area contributed by atoms with Crippen LogP contribution < -0.4 is 0 Å². The van der Waals surface area contributed by atoms with E-state index in [1.807, 2.05) is 24.3 Å². The van der Waals surface area contributed by atoms with Crippen molar-refractivity contribution in [2.75, 3.05) is 0 Å². The van der Waals surface area contributed by atoms with E-state index >= 15 is 0 Å². The average molecular weight is 159 g/mol. The molecule has 2 aromatic rings. The van der Waals surface area contributed by atoms with Gasteiger partial charge in [-0.1, -0.05) is 17.3 Å². The predicted molar refractivity (Wildman–Crippen MR) is 43.3 cm³/mol. The van der Waals surface area contributed by atoms with Crippen LogP contribution in [0.25, 0.3) is 11.5 Å². The van der Waals surface area contributed by atoms with E-state index in [1.54, 1.807) is 6.92 Å². The van der Waals surface area contributed by atoms with Crippen molar-refractivity contribution in [3.8, 4) is 11.5 Å². The summed E-state index contributed by atoms with van der Waals surface area (Å²) in [5, 5.41) is 3.69. The molecule has 0 atom stereocenters. The van der Waals surface area contributed by atoms with Crippen LogP contribution in [0.15, 0.2) is 28.8 Å². The molecule has 0 unspecified atom stereocenters. The Morgan fingerprint density at radius 3 is 3.00 bits per heavy atom. The number of hydrogen-bond donors (Lipinski definition) is 0. The summed E-state index contributed by atoms with van der Waals surface area (Å²) in [6.07, 6.45) is 0. The summed E-state index contributed by atoms with van der Waals surface area (Å²) in [5.74, 6) is 1.19. The zero-order valence-electron chi connectivity index (χ0n) is 6.61. The lowest BCUT2D eigenvalue weighted by Gasteiger charge is -1.89. The van der Waals surface area contributed by atoms with Gasteiger partial charge in [0.25, 0.3) is 5.89 Å². The molecule has 1 radical (unpaired) electrons. The second kappa shape index (κ2) is 2.77. The molecule has 12 heavy (non-hydrogen) atoms. The van der Waals surface area contributed by atoms with E-state index in [-0.39, 0.29) is 0 Å². The van der Waals surface area contributed by atoms with Crippen LogP contribution >= 0.6 is 0 Å². The Bertz CT molecular complexity index is 367. The first-order valence-electron chi connectivity index (χ1n) is 3.63. The van der Waals surface area contributed by atoms with Crippen molar-refractivity contribution < 1.29 is 4.52 Å². The van der Waals surface area contributed by atoms with Crippen molar-refractivity contribution >= 4 is 0 Å². The van der Waals surface area contributed by atoms with E-state index < -0.39 is 0 Å². The highest BCUT2D eigenvalue weighted by Gasteiger charge is 2.03. The minimum atomic E-state index is 0.546. The molecule has 0 saturated carbocycles. The molecule has 1 aromatic heterocycles. The van der Waals surface area contributed by atoms with Gasteiger partial charge in [-0.05, 0) is 25.1 Å². The molecular weight excluding hydrogens is 152 g/mol. The molecule has 0 aliphatic carbocycles. The summed E-state index contributed by atoms with van der Waals surface area (Å²) < 4.78 is 4.97. The highest BCUT2D eigenvalue weighted by atomic mass is 16.5. The zero-order chi connectivity index (χ0) is 8.39. The third-order valence-electron chi connectivity index (χ3n) is 1.48. The highest BCUT2D eigenvalue weighted by Crippen LogP contribution is 2.14. The topological polar surface area (TPSA) is 38.9 Å². The minimum absolute atomic E-state index is 0.546. The monoisotopic (exact) mass is 159 g/mol. The maximum atomic E-state index is 4.97. The number of hydrogen-bond acceptors (Lipinski definition) is 3. The van der Waals surface area contributed by atoms with Crippen molar-refractivity contribution in [2.45, 2.75) is 6.92 Å². The minimum Gasteiger partial charge on any atom is -0.334 e. The SMILES string of the molecule is Cc1noc(-c2c[c]ccc2)n1. The Hall–Kier alpha value is -1.64. The lowest BCUT2D eigenvalue weighted by Crippen LogP contribution is -1.76. The van der Waals surface area contributed by atoms with Gasteiger partial charge in [0.15, 0.2) is 5.82 Å². The Balaban J connectivity index is 2.45. The van der Waals surface area contributed by atoms with Crippen LogP contribution in [-0.4, -0.2) is 10.1 Å². The Labute approximate surface area is 70.0 Å². The number of rotatable bonds is 1. The molecule has 0 spiro atoms. The van der Waals surface area contributed by atoms with Crippen LogP contribution in [0.2, 0.25) is 0 Å². The molecule has 0 aliphatic rings. The Kier molecular flexibility index (Phi) is 1.63. The predicted octanol–water partition coefficient (Wildman–Crippen LogP) is 1.85. The van der Waals surface area contributed by atoms with Crippen LogP contribution in [0.3, 0.4) is 0 Å². The molecule has 1 aromatic carbocycles. The first kappa shape index (κ1) is 7.03. The highest BCUT2D eigenvalue weighted by molar-refractivity contribution is 5.51. The van der Waals surface area contributed by atoms with Gasteiger partial charge < -0.3 is 4.52 Å². The smallest absolute Gasteiger partial charge is 0.257 e. The summed E-state index contributed by atoms with van der Waals surface area (Å²) in [6.45, 7) is 1.79. The molecule has 1 heterocycles. The van der Waals surface area contributed by atoms with Gasteiger partial charge in [-0.15, -0.1) is 0 Å². The van der Waals surface area contributed by atoms with Crippen LogP contribution in [0.5, 0.6) is 0 Å². The van der Waals surface area contributed by atoms with Gasteiger partial charge >= 0.3 is 0 Å². The third-order valence-corrected chi connectivity index (χ3v) is 1.48. The summed E-state index contributed by atoms with van der Waals surface area (Å²) in [6, 6.07) is 10.4. The van der Waals surface area contributed by atoms with Crippen molar-refractivity contribution in [1.82, 2.24) is 10.1 Å². The molecule has 0 N–H and O–H groups in total. The van der Waals surface area contributed by atoms with Crippen LogP contribution in [0, 0.1) is 13.0 Å². The van der Waals surface area contributed by atoms with Gasteiger partial charge in [-0.25, -0.2) is 0 Å². The molecule has 59 valence electrons. The summed E-state index contributed by atoms with van der Waals surface area (Å²) in [5.41, 5.74) is 0.901. The fourth-order valence-corrected chi connectivity index (χ4v) is 0.941. The number of nitrogens with zero attached hydrogens (tertiary/aromatic N) is 2. The van der Waals surface area contributed by atoms with Gasteiger partial charge in [0.2, 0.25) is 0 Å². The van der Waals surface area contributed by atoms with Crippen molar-refractivity contribution in [2.24, 2.45) is 0 Å². The zero-order valence-corrected chi connectivity index (χ0v) is 6.61. The van der Waals surface area contributed by atoms with E-state index in [2.05, 4.69) is 16.2 Å². The molecule has 0 aliphatic heterocycles. The molecule has 0 fully saturated rings. The lowest BCUT2D eigenvalue weighted by molar-refractivity contribution is 0.425. The summed E-state index contributed by atoms with van der Waals surface area (Å²) in [7, 11) is 0. The normalized spacial score (nSPS) is 10.1. The van der Waals surface area contributed by atoms with Crippen molar-refractivity contribution in [3.05, 3.63) is 36.2 Å². The fraction of sp³-hybridized carbons (Fsp3) is 0.111. The van der Waals surface area contributed by atoms with Gasteiger partial charge in [0, 0.05) is 5.56 Å². The molecule has 3 heteroatoms. The lowest BCUT2D eigenvalue weighted by atomic mass is 10.2. The Morgan fingerprint density at radius 1 is 1.50 bits per heavy atom. The first-order valence-corrected chi connectivity index (χ1v) is 3.63.